The summed E-state index contributed by atoms with van der Waals surface area (Å²) in [6.07, 6.45) is 14.8. The number of carbonyl (C=O) groups is 2. The average molecular weight is 555 g/mol. The monoisotopic (exact) mass is 554 g/mol. The maximum Gasteiger partial charge on any atom is 0.264 e. The van der Waals surface area contributed by atoms with Gasteiger partial charge in [0.1, 0.15) is 17.7 Å². The molecule has 1 aromatic carbocycles. The number of allylic oxidation sites excluding steroid dienone is 1. The summed E-state index contributed by atoms with van der Waals surface area (Å²) in [5.41, 5.74) is 3.87. The summed E-state index contributed by atoms with van der Waals surface area (Å²) >= 11 is 0. The zero-order valence-electron chi connectivity index (χ0n) is 23.5. The van der Waals surface area contributed by atoms with Gasteiger partial charge in [0, 0.05) is 31.5 Å². The van der Waals surface area contributed by atoms with Gasteiger partial charge in [0.2, 0.25) is 11.6 Å². The summed E-state index contributed by atoms with van der Waals surface area (Å²) in [6, 6.07) is 10.8. The van der Waals surface area contributed by atoms with Gasteiger partial charge in [-0.1, -0.05) is 19.4 Å². The third-order valence-electron chi connectivity index (χ3n) is 7.46. The molecule has 0 spiro atoms. The highest BCUT2D eigenvalue weighted by Gasteiger charge is 2.47. The van der Waals surface area contributed by atoms with Crippen LogP contribution in [0.5, 0.6) is 0 Å². The average Bonchev–Trinajstić information content (AvgIpc) is 3.30. The fraction of sp³-hybridized carbons (Fsp3) is 0.323. The number of aliphatic imine (C=N–C) groups is 2. The Balaban J connectivity index is 1.40. The van der Waals surface area contributed by atoms with Crippen LogP contribution < -0.4 is 11.2 Å². The largest absolute Gasteiger partial charge is 0.381 e. The first kappa shape index (κ1) is 28.3. The number of ether oxygens (including phenoxy) is 1. The lowest BCUT2D eigenvalue weighted by Gasteiger charge is -2.35. The van der Waals surface area contributed by atoms with Crippen LogP contribution in [0.4, 0.5) is 5.82 Å². The molecule has 2 aromatic rings. The molecular formula is C31H36N7O3+. The van der Waals surface area contributed by atoms with Gasteiger partial charge in [-0.25, -0.2) is 4.98 Å². The van der Waals surface area contributed by atoms with Gasteiger partial charge in [-0.05, 0) is 67.6 Å². The molecule has 1 saturated heterocycles. The number of aryl methyl sites for hydroxylation is 1. The summed E-state index contributed by atoms with van der Waals surface area (Å²) in [6.45, 7) is 3.12. The van der Waals surface area contributed by atoms with Crippen LogP contribution in [0.25, 0.3) is 0 Å². The van der Waals surface area contributed by atoms with Gasteiger partial charge in [-0.15, -0.1) is 4.59 Å². The second-order valence-corrected chi connectivity index (χ2v) is 10.3. The van der Waals surface area contributed by atoms with Crippen LogP contribution in [0.2, 0.25) is 0 Å². The first-order valence-corrected chi connectivity index (χ1v) is 14.0. The quantitative estimate of drug-likeness (QED) is 0.275. The van der Waals surface area contributed by atoms with Crippen LogP contribution in [0, 0.1) is 0 Å². The molecule has 5 rings (SSSR count). The minimum Gasteiger partial charge on any atom is -0.381 e. The van der Waals surface area contributed by atoms with E-state index in [2.05, 4.69) is 22.2 Å². The van der Waals surface area contributed by atoms with Crippen LogP contribution in [0.3, 0.4) is 0 Å². The molecule has 2 atom stereocenters. The third-order valence-corrected chi connectivity index (χ3v) is 7.46. The van der Waals surface area contributed by atoms with Crippen LogP contribution >= 0.6 is 0 Å². The van der Waals surface area contributed by atoms with E-state index >= 15 is 0 Å². The highest BCUT2D eigenvalue weighted by atomic mass is 16.5. The SMILES string of the molecule is CCCc1ccnc(NC(=O)c2ccc(C3=NC(C4CCCCN4C(=O)/C=C/COC)=C4C=NC=C[N+]34N)cc2)c1. The molecule has 4 heterocycles. The van der Waals surface area contributed by atoms with Crippen molar-refractivity contribution >= 4 is 29.7 Å². The highest BCUT2D eigenvalue weighted by molar-refractivity contribution is 6.05. The first-order chi connectivity index (χ1) is 19.9. The molecule has 41 heavy (non-hydrogen) atoms. The van der Waals surface area contributed by atoms with Crippen molar-refractivity contribution in [2.45, 2.75) is 45.1 Å². The van der Waals surface area contributed by atoms with Crippen molar-refractivity contribution in [1.82, 2.24) is 9.88 Å². The maximum atomic E-state index is 13.1. The smallest absolute Gasteiger partial charge is 0.264 e. The molecule has 0 bridgehead atoms. The number of anilines is 1. The molecule has 0 radical (unpaired) electrons. The Morgan fingerprint density at radius 3 is 2.83 bits per heavy atom. The maximum absolute atomic E-state index is 13.1. The molecule has 212 valence electrons. The van der Waals surface area contributed by atoms with Gasteiger partial charge < -0.3 is 15.0 Å². The number of amidine groups is 1. The second-order valence-electron chi connectivity index (χ2n) is 10.3. The second kappa shape index (κ2) is 12.5. The lowest BCUT2D eigenvalue weighted by atomic mass is 9.98. The molecule has 1 fully saturated rings. The number of likely N-dealkylation sites (tertiary alicyclic amines) is 1. The molecule has 10 heteroatoms. The number of quaternary nitrogens is 1. The van der Waals surface area contributed by atoms with Gasteiger partial charge >= 0.3 is 0 Å². The van der Waals surface area contributed by atoms with E-state index < -0.39 is 0 Å². The predicted molar refractivity (Wildman–Crippen MR) is 159 cm³/mol. The Morgan fingerprint density at radius 2 is 2.05 bits per heavy atom. The van der Waals surface area contributed by atoms with E-state index in [9.17, 15) is 9.59 Å². The van der Waals surface area contributed by atoms with Gasteiger partial charge in [-0.3, -0.25) is 14.6 Å². The zero-order chi connectivity index (χ0) is 28.8. The standard InChI is InChI=1S/C31H35N7O3/c1-3-7-22-14-15-34-27(20-22)35-31(40)24-12-10-23(11-13-24)30-36-29(26-21-33-16-18-38(26,30)32)25-8-4-5-17-37(25)28(39)9-6-19-41-2/h6,9-16,18,20-21,25H,3-5,7-8,17,19,32H2,1-2H3/p+1/b9-6+. The number of methoxy groups -OCH3 is 1. The lowest BCUT2D eigenvalue weighted by Crippen LogP contribution is -2.53. The summed E-state index contributed by atoms with van der Waals surface area (Å²) < 4.78 is 4.90. The van der Waals surface area contributed by atoms with Gasteiger partial charge in [0.15, 0.2) is 0 Å². The number of pyridine rings is 1. The number of nitrogens with two attached hydrogens (primary N) is 1. The summed E-state index contributed by atoms with van der Waals surface area (Å²) in [7, 11) is 1.59. The van der Waals surface area contributed by atoms with Gasteiger partial charge in [0.05, 0.1) is 30.6 Å². The van der Waals surface area contributed by atoms with Crippen molar-refractivity contribution in [1.29, 1.82) is 0 Å². The van der Waals surface area contributed by atoms with Gasteiger partial charge in [0.25, 0.3) is 11.7 Å². The number of hydrogen-bond donors (Lipinski definition) is 2. The molecular weight excluding hydrogens is 518 g/mol. The molecule has 10 nitrogen and oxygen atoms in total. The fourth-order valence-corrected chi connectivity index (χ4v) is 5.42. The molecule has 3 aliphatic heterocycles. The Labute approximate surface area is 240 Å². The van der Waals surface area contributed by atoms with Crippen molar-refractivity contribution in [3.63, 3.8) is 0 Å². The number of hydrogen-bond acceptors (Lipinski definition) is 7. The lowest BCUT2D eigenvalue weighted by molar-refractivity contribution is -0.750. The predicted octanol–water partition coefficient (Wildman–Crippen LogP) is 4.09. The number of benzene rings is 1. The molecule has 3 N–H and O–H groups in total. The number of rotatable bonds is 9. The van der Waals surface area contributed by atoms with E-state index in [1.165, 1.54) is 0 Å². The molecule has 3 aliphatic rings. The van der Waals surface area contributed by atoms with Crippen molar-refractivity contribution in [2.24, 2.45) is 15.8 Å². The van der Waals surface area contributed by atoms with E-state index in [-0.39, 0.29) is 22.4 Å². The number of nitrogens with zero attached hydrogens (tertiary/aromatic N) is 5. The molecule has 0 saturated carbocycles. The van der Waals surface area contributed by atoms with E-state index in [0.29, 0.717) is 30.4 Å². The minimum atomic E-state index is -0.245. The van der Waals surface area contributed by atoms with E-state index in [1.54, 1.807) is 56.2 Å². The normalized spacial score (nSPS) is 21.8. The summed E-state index contributed by atoms with van der Waals surface area (Å²) in [5, 5.41) is 2.89. The highest BCUT2D eigenvalue weighted by Crippen LogP contribution is 2.36. The van der Waals surface area contributed by atoms with Crippen LogP contribution in [0.15, 0.2) is 88.5 Å². The van der Waals surface area contributed by atoms with Crippen molar-refractivity contribution in [3.05, 3.63) is 95.2 Å². The van der Waals surface area contributed by atoms with Crippen molar-refractivity contribution < 1.29 is 18.9 Å². The number of carbonyl (C=O) groups excluding carboxylic acids is 2. The first-order valence-electron chi connectivity index (χ1n) is 14.0. The Morgan fingerprint density at radius 1 is 1.22 bits per heavy atom. The Hall–Kier alpha value is -4.25. The Bertz CT molecular complexity index is 1460. The van der Waals surface area contributed by atoms with Crippen molar-refractivity contribution in [3.8, 4) is 0 Å². The zero-order valence-corrected chi connectivity index (χ0v) is 23.5. The summed E-state index contributed by atoms with van der Waals surface area (Å²) in [4.78, 5) is 41.6. The van der Waals surface area contributed by atoms with E-state index in [4.69, 9.17) is 15.6 Å². The molecule has 2 amide bonds. The molecule has 2 unspecified atom stereocenters. The molecule has 0 aliphatic carbocycles. The third kappa shape index (κ3) is 5.95. The number of nitrogens with one attached hydrogen (secondary N) is 1. The minimum absolute atomic E-state index is 0.0769. The number of fused-ring (bicyclic) bond motifs is 1. The van der Waals surface area contributed by atoms with E-state index in [0.717, 1.165) is 54.6 Å². The van der Waals surface area contributed by atoms with Crippen molar-refractivity contribution in [2.75, 3.05) is 25.6 Å². The van der Waals surface area contributed by atoms with Gasteiger partial charge in [-0.2, -0.15) is 10.8 Å². The number of aromatic nitrogens is 1. The number of amides is 2. The van der Waals surface area contributed by atoms with Crippen LogP contribution in [-0.2, 0) is 16.0 Å². The van der Waals surface area contributed by atoms with Crippen LogP contribution in [0.1, 0.15) is 54.1 Å². The van der Waals surface area contributed by atoms with E-state index in [1.807, 2.05) is 29.2 Å². The topological polar surface area (TPSA) is 122 Å². The fourth-order valence-electron chi connectivity index (χ4n) is 5.42. The molecule has 1 aromatic heterocycles. The Kier molecular flexibility index (Phi) is 8.63. The summed E-state index contributed by atoms with van der Waals surface area (Å²) in [5.74, 6) is 7.75. The number of piperidine rings is 1. The van der Waals surface area contributed by atoms with Crippen LogP contribution in [-0.4, -0.2) is 64.6 Å².